The van der Waals surface area contributed by atoms with Crippen LogP contribution in [0.3, 0.4) is 0 Å². The molecule has 0 radical (unpaired) electrons. The number of aromatic nitrogens is 1. The standard InChI is InChI=1S/C8H9NO3S/c1-2-13(11,12)8-4-3-5-9-7(8)6-10/h3-6H,2H2,1H3. The second kappa shape index (κ2) is 3.66. The number of hydrogen-bond donors (Lipinski definition) is 0. The van der Waals surface area contributed by atoms with Crippen LogP contribution >= 0.6 is 0 Å². The fourth-order valence-corrected chi connectivity index (χ4v) is 1.93. The summed E-state index contributed by atoms with van der Waals surface area (Å²) in [6, 6.07) is 2.88. The van der Waals surface area contributed by atoms with Crippen LogP contribution in [-0.2, 0) is 9.84 Å². The minimum atomic E-state index is -3.33. The molecule has 4 nitrogen and oxygen atoms in total. The Bertz CT molecular complexity index is 411. The first-order chi connectivity index (χ1) is 6.11. The summed E-state index contributed by atoms with van der Waals surface area (Å²) in [6.07, 6.45) is 1.83. The molecule has 0 unspecified atom stereocenters. The van der Waals surface area contributed by atoms with Gasteiger partial charge in [0, 0.05) is 6.20 Å². The minimum Gasteiger partial charge on any atom is -0.296 e. The van der Waals surface area contributed by atoms with Crippen LogP contribution in [0.15, 0.2) is 23.2 Å². The summed E-state index contributed by atoms with van der Waals surface area (Å²) in [7, 11) is -3.33. The molecule has 0 aliphatic heterocycles. The van der Waals surface area contributed by atoms with Crippen LogP contribution in [0.4, 0.5) is 0 Å². The van der Waals surface area contributed by atoms with Gasteiger partial charge in [-0.1, -0.05) is 6.92 Å². The molecule has 0 saturated heterocycles. The van der Waals surface area contributed by atoms with E-state index in [1.165, 1.54) is 25.3 Å². The Balaban J connectivity index is 3.37. The largest absolute Gasteiger partial charge is 0.296 e. The zero-order valence-electron chi connectivity index (χ0n) is 7.10. The summed E-state index contributed by atoms with van der Waals surface area (Å²) >= 11 is 0. The fraction of sp³-hybridized carbons (Fsp3) is 0.250. The molecule has 1 heterocycles. The smallest absolute Gasteiger partial charge is 0.180 e. The molecule has 70 valence electrons. The lowest BCUT2D eigenvalue weighted by Gasteiger charge is -2.01. The van der Waals surface area contributed by atoms with Crippen LogP contribution in [0.25, 0.3) is 0 Å². The van der Waals surface area contributed by atoms with Crippen molar-refractivity contribution in [2.45, 2.75) is 11.8 Å². The molecular weight excluding hydrogens is 190 g/mol. The summed E-state index contributed by atoms with van der Waals surface area (Å²) in [5.41, 5.74) is -0.0237. The van der Waals surface area contributed by atoms with Gasteiger partial charge in [0.05, 0.1) is 10.6 Å². The highest BCUT2D eigenvalue weighted by molar-refractivity contribution is 7.91. The molecule has 0 fully saturated rings. The predicted octanol–water partition coefficient (Wildman–Crippen LogP) is 0.688. The highest BCUT2D eigenvalue weighted by Gasteiger charge is 2.16. The van der Waals surface area contributed by atoms with Gasteiger partial charge in [0.25, 0.3) is 0 Å². The van der Waals surface area contributed by atoms with Gasteiger partial charge in [-0.2, -0.15) is 0 Å². The van der Waals surface area contributed by atoms with E-state index in [1.807, 2.05) is 0 Å². The molecule has 0 spiro atoms. The van der Waals surface area contributed by atoms with E-state index < -0.39 is 9.84 Å². The average Bonchev–Trinajstić information content (AvgIpc) is 2.18. The number of hydrogen-bond acceptors (Lipinski definition) is 4. The van der Waals surface area contributed by atoms with Gasteiger partial charge in [0.1, 0.15) is 5.69 Å². The van der Waals surface area contributed by atoms with E-state index in [2.05, 4.69) is 4.98 Å². The molecule has 5 heteroatoms. The second-order valence-corrected chi connectivity index (χ2v) is 4.65. The Hall–Kier alpha value is -1.23. The van der Waals surface area contributed by atoms with Crippen molar-refractivity contribution in [2.24, 2.45) is 0 Å². The van der Waals surface area contributed by atoms with Gasteiger partial charge in [-0.15, -0.1) is 0 Å². The Morgan fingerprint density at radius 2 is 2.23 bits per heavy atom. The van der Waals surface area contributed by atoms with Crippen LogP contribution in [0.1, 0.15) is 17.4 Å². The molecule has 0 bridgehead atoms. The summed E-state index contributed by atoms with van der Waals surface area (Å²) in [5.74, 6) is -0.0282. The molecule has 0 atom stereocenters. The zero-order chi connectivity index (χ0) is 9.90. The minimum absolute atomic E-state index is 0.00694. The number of sulfone groups is 1. The third-order valence-corrected chi connectivity index (χ3v) is 3.40. The lowest BCUT2D eigenvalue weighted by molar-refractivity contribution is 0.111. The maximum Gasteiger partial charge on any atom is 0.180 e. The van der Waals surface area contributed by atoms with Crippen LogP contribution in [0.5, 0.6) is 0 Å². The van der Waals surface area contributed by atoms with Crippen LogP contribution in [0.2, 0.25) is 0 Å². The van der Waals surface area contributed by atoms with Crippen LogP contribution < -0.4 is 0 Å². The highest BCUT2D eigenvalue weighted by atomic mass is 32.2. The van der Waals surface area contributed by atoms with E-state index in [0.29, 0.717) is 6.29 Å². The van der Waals surface area contributed by atoms with Crippen LogP contribution in [-0.4, -0.2) is 25.4 Å². The highest BCUT2D eigenvalue weighted by Crippen LogP contribution is 2.12. The first kappa shape index (κ1) is 9.85. The molecule has 0 aliphatic carbocycles. The molecule has 1 aromatic heterocycles. The number of carbonyl (C=O) groups excluding carboxylic acids is 1. The Morgan fingerprint density at radius 1 is 1.54 bits per heavy atom. The second-order valence-electron chi connectivity index (χ2n) is 2.41. The zero-order valence-corrected chi connectivity index (χ0v) is 7.91. The van der Waals surface area contributed by atoms with Crippen molar-refractivity contribution in [1.29, 1.82) is 0 Å². The van der Waals surface area contributed by atoms with Crippen molar-refractivity contribution in [3.8, 4) is 0 Å². The van der Waals surface area contributed by atoms with Gasteiger partial charge in [-0.05, 0) is 12.1 Å². The normalized spacial score (nSPS) is 11.2. The number of carbonyl (C=O) groups is 1. The Labute approximate surface area is 76.5 Å². The van der Waals surface area contributed by atoms with Gasteiger partial charge in [-0.25, -0.2) is 8.42 Å². The van der Waals surface area contributed by atoms with Crippen molar-refractivity contribution < 1.29 is 13.2 Å². The van der Waals surface area contributed by atoms with E-state index in [1.54, 1.807) is 0 Å². The van der Waals surface area contributed by atoms with Crippen molar-refractivity contribution in [3.63, 3.8) is 0 Å². The average molecular weight is 199 g/mol. The number of aldehydes is 1. The fourth-order valence-electron chi connectivity index (χ4n) is 0.910. The topological polar surface area (TPSA) is 64.1 Å². The molecule has 13 heavy (non-hydrogen) atoms. The summed E-state index contributed by atoms with van der Waals surface area (Å²) in [4.78, 5) is 14.1. The van der Waals surface area contributed by atoms with E-state index in [0.717, 1.165) is 0 Å². The Kier molecular flexibility index (Phi) is 2.77. The molecule has 1 rings (SSSR count). The third kappa shape index (κ3) is 1.92. The van der Waals surface area contributed by atoms with Gasteiger partial charge in [0.2, 0.25) is 0 Å². The maximum absolute atomic E-state index is 11.4. The molecule has 0 aromatic carbocycles. The Morgan fingerprint density at radius 3 is 2.77 bits per heavy atom. The molecule has 0 N–H and O–H groups in total. The van der Waals surface area contributed by atoms with Crippen molar-refractivity contribution >= 4 is 16.1 Å². The van der Waals surface area contributed by atoms with Crippen molar-refractivity contribution in [2.75, 3.05) is 5.75 Å². The first-order valence-corrected chi connectivity index (χ1v) is 5.40. The number of rotatable bonds is 3. The van der Waals surface area contributed by atoms with E-state index in [4.69, 9.17) is 0 Å². The molecule has 1 aromatic rings. The summed E-state index contributed by atoms with van der Waals surface area (Å²) < 4.78 is 22.8. The van der Waals surface area contributed by atoms with E-state index >= 15 is 0 Å². The first-order valence-electron chi connectivity index (χ1n) is 3.74. The maximum atomic E-state index is 11.4. The van der Waals surface area contributed by atoms with Gasteiger partial charge in [0.15, 0.2) is 16.1 Å². The molecule has 0 amide bonds. The summed E-state index contributed by atoms with van der Waals surface area (Å²) in [6.45, 7) is 1.52. The molecule has 0 saturated carbocycles. The third-order valence-electron chi connectivity index (χ3n) is 1.63. The number of nitrogens with zero attached hydrogens (tertiary/aromatic N) is 1. The van der Waals surface area contributed by atoms with Crippen molar-refractivity contribution in [1.82, 2.24) is 4.98 Å². The summed E-state index contributed by atoms with van der Waals surface area (Å²) in [5, 5.41) is 0. The monoisotopic (exact) mass is 199 g/mol. The SMILES string of the molecule is CCS(=O)(=O)c1cccnc1C=O. The van der Waals surface area contributed by atoms with Gasteiger partial charge >= 0.3 is 0 Å². The molecule has 0 aliphatic rings. The molecular formula is C8H9NO3S. The lowest BCUT2D eigenvalue weighted by Crippen LogP contribution is -2.07. The van der Waals surface area contributed by atoms with Gasteiger partial charge in [-0.3, -0.25) is 9.78 Å². The predicted molar refractivity (Wildman–Crippen MR) is 47.4 cm³/mol. The van der Waals surface area contributed by atoms with Crippen LogP contribution in [0, 0.1) is 0 Å². The van der Waals surface area contributed by atoms with Crippen molar-refractivity contribution in [3.05, 3.63) is 24.0 Å². The van der Waals surface area contributed by atoms with Gasteiger partial charge < -0.3 is 0 Å². The lowest BCUT2D eigenvalue weighted by atomic mass is 10.4. The quantitative estimate of drug-likeness (QED) is 0.672. The number of pyridine rings is 1. The van der Waals surface area contributed by atoms with E-state index in [9.17, 15) is 13.2 Å². The van der Waals surface area contributed by atoms with E-state index in [-0.39, 0.29) is 16.3 Å².